The molecule has 4 aliphatic rings. The molecule has 0 aromatic heterocycles. The van der Waals surface area contributed by atoms with E-state index >= 15 is 0 Å². The van der Waals surface area contributed by atoms with Gasteiger partial charge < -0.3 is 44.5 Å². The van der Waals surface area contributed by atoms with Crippen molar-refractivity contribution in [3.8, 4) is 0 Å². The fourth-order valence-electron chi connectivity index (χ4n) is 10.4. The summed E-state index contributed by atoms with van der Waals surface area (Å²) in [7, 11) is 4.90. The first-order valence-electron chi connectivity index (χ1n) is 24.1. The number of esters is 1. The number of carbonyl (C=O) groups excluding carboxylic acids is 4. The number of fused-ring (bicyclic) bond motifs is 3. The minimum Gasteiger partial charge on any atom is -0.461 e. The lowest BCUT2D eigenvalue weighted by atomic mass is 9.78. The normalized spacial score (nSPS) is 39.5. The van der Waals surface area contributed by atoms with Gasteiger partial charge in [0.1, 0.15) is 24.4 Å². The van der Waals surface area contributed by atoms with Crippen LogP contribution in [0.25, 0.3) is 0 Å². The van der Waals surface area contributed by atoms with Crippen LogP contribution in [-0.4, -0.2) is 126 Å². The molecule has 15 atom stereocenters. The van der Waals surface area contributed by atoms with Gasteiger partial charge in [0.25, 0.3) is 11.7 Å². The number of piperidine rings is 1. The van der Waals surface area contributed by atoms with Crippen molar-refractivity contribution < 1.29 is 53.4 Å². The average molecular weight is 899 g/mol. The number of ketones is 2. The maximum Gasteiger partial charge on any atom is 0.329 e. The first-order chi connectivity index (χ1) is 30.3. The van der Waals surface area contributed by atoms with E-state index in [2.05, 4.69) is 19.2 Å². The number of Topliss-reactive ketones (excluding diaryl/α,β-unsaturated/α-hetero) is 2. The summed E-state index contributed by atoms with van der Waals surface area (Å²) in [6, 6.07) is -1.15. The van der Waals surface area contributed by atoms with Gasteiger partial charge in [-0.05, 0) is 134 Å². The molecule has 4 N–H and O–H groups in total. The maximum absolute atomic E-state index is 14.4. The third kappa shape index (κ3) is 14.2. The molecule has 0 spiro atoms. The van der Waals surface area contributed by atoms with Crippen LogP contribution in [-0.2, 0) is 38.1 Å². The van der Waals surface area contributed by atoms with Crippen LogP contribution < -0.4 is 5.32 Å². The molecule has 1 amide bonds. The quantitative estimate of drug-likeness (QED) is 0.128. The largest absolute Gasteiger partial charge is 0.461 e. The predicted molar refractivity (Wildman–Crippen MR) is 247 cm³/mol. The second kappa shape index (κ2) is 25.2. The number of nitrogens with zero attached hydrogens (tertiary/aromatic N) is 1. The third-order valence-electron chi connectivity index (χ3n) is 14.6. The molecule has 3 fully saturated rings. The zero-order chi connectivity index (χ0) is 47.3. The molecule has 3 heterocycles. The SMILES string of the molecule is CN[C@@H]1C[C@@H]2CC[C@@H](C)[C@@](O)(O2)C(=O)C(=O)N2CCCC[C@H]2C(=O)O[C@H]([C@H](C)C[C@@H]2CC[C@@H](O)[C@H](OC)C2)CC[C@H](C)/C=C(\C)[C@@H](O)[C@@H](OC)C(=O)[C@H](C)C[C@H](C)/C=C/C=CC=C1C. The Morgan fingerprint density at radius 3 is 2.28 bits per heavy atom. The molecule has 3 aliphatic heterocycles. The number of hydrogen-bond donors (Lipinski definition) is 4. The summed E-state index contributed by atoms with van der Waals surface area (Å²) in [6.07, 6.45) is 15.4. The standard InChI is InChI=1S/C51H82N2O11/c1-31-16-12-11-13-17-33(3)40(52-8)30-39-22-20-37(7)51(60,64-39)48(57)49(58)53-25-15-14-18-41(53)50(59)63-43(34(4)28-38-21-23-42(54)44(29-38)61-9)24-19-32(2)27-36(6)46(56)47(62-10)45(55)35(5)26-31/h11-13,16-17,27,31-32,34-35,37-44,46-47,52,54,56,60H,14-15,18-26,28-30H2,1-10H3/b13-11?,16-12+,33-17?,36-27+/t31-,32+,34-,35-,37-,38+,39+,40-,41+,42-,43+,44-,46-,47+,51-/m1/s1. The monoisotopic (exact) mass is 899 g/mol. The molecule has 64 heavy (non-hydrogen) atoms. The molecule has 0 radical (unpaired) electrons. The van der Waals surface area contributed by atoms with Crippen LogP contribution in [0.2, 0.25) is 0 Å². The first kappa shape index (κ1) is 53.6. The van der Waals surface area contributed by atoms with Crippen LogP contribution in [0.1, 0.15) is 132 Å². The molecule has 0 unspecified atom stereocenters. The molecule has 0 aromatic carbocycles. The number of hydrogen-bond acceptors (Lipinski definition) is 12. The van der Waals surface area contributed by atoms with Crippen molar-refractivity contribution in [1.29, 1.82) is 0 Å². The van der Waals surface area contributed by atoms with Crippen LogP contribution in [0.4, 0.5) is 0 Å². The van der Waals surface area contributed by atoms with Gasteiger partial charge in [0.2, 0.25) is 5.79 Å². The summed E-state index contributed by atoms with van der Waals surface area (Å²) in [5.74, 6) is -5.95. The third-order valence-corrected chi connectivity index (χ3v) is 14.6. The van der Waals surface area contributed by atoms with Crippen molar-refractivity contribution in [2.45, 2.75) is 186 Å². The Bertz CT molecular complexity index is 1680. The van der Waals surface area contributed by atoms with E-state index in [1.165, 1.54) is 12.0 Å². The number of amides is 1. The summed E-state index contributed by atoms with van der Waals surface area (Å²) in [4.78, 5) is 57.8. The molecule has 362 valence electrons. The lowest BCUT2D eigenvalue weighted by Crippen LogP contribution is -2.61. The van der Waals surface area contributed by atoms with Gasteiger partial charge in [-0.2, -0.15) is 0 Å². The smallest absolute Gasteiger partial charge is 0.329 e. The highest BCUT2D eigenvalue weighted by molar-refractivity contribution is 6.39. The van der Waals surface area contributed by atoms with Gasteiger partial charge in [0, 0.05) is 38.6 Å². The highest BCUT2D eigenvalue weighted by Crippen LogP contribution is 2.37. The molecule has 0 aromatic rings. The molecule has 1 aliphatic carbocycles. The summed E-state index contributed by atoms with van der Waals surface area (Å²) in [5, 5.41) is 37.2. The van der Waals surface area contributed by atoms with Crippen LogP contribution in [0.5, 0.6) is 0 Å². The van der Waals surface area contributed by atoms with Gasteiger partial charge in [-0.25, -0.2) is 4.79 Å². The fraction of sp³-hybridized carbons (Fsp3) is 0.765. The van der Waals surface area contributed by atoms with Gasteiger partial charge in [0.15, 0.2) is 5.78 Å². The van der Waals surface area contributed by atoms with Crippen LogP contribution >= 0.6 is 0 Å². The summed E-state index contributed by atoms with van der Waals surface area (Å²) < 4.78 is 23.9. The topological polar surface area (TPSA) is 181 Å². The number of rotatable bonds is 6. The number of aliphatic hydroxyl groups is 3. The van der Waals surface area contributed by atoms with Crippen LogP contribution in [0, 0.1) is 35.5 Å². The number of likely N-dealkylation sites (N-methyl/N-ethyl adjacent to an activating group) is 1. The van der Waals surface area contributed by atoms with Crippen LogP contribution in [0.3, 0.4) is 0 Å². The number of cyclic esters (lactones) is 1. The van der Waals surface area contributed by atoms with E-state index in [0.29, 0.717) is 76.2 Å². The Morgan fingerprint density at radius 2 is 1.59 bits per heavy atom. The number of ether oxygens (including phenoxy) is 4. The molecular weight excluding hydrogens is 817 g/mol. The van der Waals surface area contributed by atoms with Crippen LogP contribution in [0.15, 0.2) is 47.6 Å². The Hall–Kier alpha value is -3.04. The molecule has 1 saturated carbocycles. The van der Waals surface area contributed by atoms with Crippen molar-refractivity contribution in [3.63, 3.8) is 0 Å². The number of allylic oxidation sites excluding steroid dienone is 6. The molecule has 13 heteroatoms. The van der Waals surface area contributed by atoms with E-state index in [0.717, 1.165) is 18.4 Å². The Kier molecular flexibility index (Phi) is 21.1. The number of carbonyl (C=O) groups is 4. The Balaban J connectivity index is 1.67. The van der Waals surface area contributed by atoms with Crippen molar-refractivity contribution in [3.05, 3.63) is 47.6 Å². The van der Waals surface area contributed by atoms with E-state index in [4.69, 9.17) is 18.9 Å². The van der Waals surface area contributed by atoms with Gasteiger partial charge in [-0.15, -0.1) is 0 Å². The minimum atomic E-state index is -2.35. The van der Waals surface area contributed by atoms with Gasteiger partial charge in [-0.1, -0.05) is 76.6 Å². The molecule has 13 nitrogen and oxygen atoms in total. The first-order valence-corrected chi connectivity index (χ1v) is 24.1. The van der Waals surface area contributed by atoms with Gasteiger partial charge in [0.05, 0.1) is 18.3 Å². The second-order valence-corrected chi connectivity index (χ2v) is 19.8. The number of aliphatic hydroxyl groups excluding tert-OH is 2. The van der Waals surface area contributed by atoms with E-state index in [-0.39, 0.29) is 54.1 Å². The zero-order valence-corrected chi connectivity index (χ0v) is 40.5. The minimum absolute atomic E-state index is 0.0699. The van der Waals surface area contributed by atoms with Crippen molar-refractivity contribution >= 4 is 23.4 Å². The van der Waals surface area contributed by atoms with Crippen molar-refractivity contribution in [1.82, 2.24) is 10.2 Å². The van der Waals surface area contributed by atoms with Crippen molar-refractivity contribution in [2.75, 3.05) is 27.8 Å². The zero-order valence-electron chi connectivity index (χ0n) is 40.5. The van der Waals surface area contributed by atoms with Gasteiger partial charge in [-0.3, -0.25) is 14.4 Å². The summed E-state index contributed by atoms with van der Waals surface area (Å²) in [6.45, 7) is 13.7. The van der Waals surface area contributed by atoms with E-state index in [9.17, 15) is 34.5 Å². The Morgan fingerprint density at radius 1 is 0.859 bits per heavy atom. The van der Waals surface area contributed by atoms with E-state index in [1.807, 2.05) is 64.3 Å². The predicted octanol–water partition coefficient (Wildman–Crippen LogP) is 6.57. The molecule has 2 bridgehead atoms. The lowest BCUT2D eigenvalue weighted by Gasteiger charge is -2.43. The number of methoxy groups -OCH3 is 2. The highest BCUT2D eigenvalue weighted by atomic mass is 16.6. The second-order valence-electron chi connectivity index (χ2n) is 19.8. The molecular formula is C51H82N2O11. The Labute approximate surface area is 383 Å². The lowest BCUT2D eigenvalue weighted by molar-refractivity contribution is -0.264. The van der Waals surface area contributed by atoms with Crippen molar-refractivity contribution in [2.24, 2.45) is 35.5 Å². The van der Waals surface area contributed by atoms with E-state index in [1.54, 1.807) is 21.0 Å². The van der Waals surface area contributed by atoms with Gasteiger partial charge >= 0.3 is 5.97 Å². The number of nitrogens with one attached hydrogen (secondary N) is 1. The average Bonchev–Trinajstić information content (AvgIpc) is 3.27. The molecule has 4 rings (SSSR count). The summed E-state index contributed by atoms with van der Waals surface area (Å²) in [5.41, 5.74) is 1.63. The van der Waals surface area contributed by atoms with E-state index < -0.39 is 65.9 Å². The maximum atomic E-state index is 14.4. The summed E-state index contributed by atoms with van der Waals surface area (Å²) >= 11 is 0. The fourth-order valence-corrected chi connectivity index (χ4v) is 10.4. The highest BCUT2D eigenvalue weighted by Gasteiger charge is 2.53. The molecule has 2 saturated heterocycles.